The van der Waals surface area contributed by atoms with Gasteiger partial charge in [-0.25, -0.2) is 14.4 Å². The monoisotopic (exact) mass is 1130 g/mol. The number of hydrogen-bond donors (Lipinski definition) is 5. The van der Waals surface area contributed by atoms with Crippen molar-refractivity contribution < 1.29 is 67.0 Å². The third kappa shape index (κ3) is 21.7. The number of alkyl carbamates (subject to hydrolysis) is 1. The number of unbranched alkanes of at least 4 members (excludes halogenated alkanes) is 2. The first-order valence-corrected chi connectivity index (χ1v) is 28.4. The molecule has 1 fully saturated rings. The summed E-state index contributed by atoms with van der Waals surface area (Å²) in [5, 5.41) is 13.6. The average Bonchev–Trinajstić information content (AvgIpc) is 3.67. The van der Waals surface area contributed by atoms with Gasteiger partial charge in [0.15, 0.2) is 6.10 Å². The fourth-order valence-corrected chi connectivity index (χ4v) is 9.28. The summed E-state index contributed by atoms with van der Waals surface area (Å²) in [7, 11) is 2.81. The molecule has 1 aromatic rings. The van der Waals surface area contributed by atoms with Gasteiger partial charge in [-0.3, -0.25) is 43.3 Å². The normalized spacial score (nSPS) is 26.0. The van der Waals surface area contributed by atoms with Crippen molar-refractivity contribution in [3.8, 4) is 0 Å². The summed E-state index contributed by atoms with van der Waals surface area (Å²) >= 11 is 0. The minimum absolute atomic E-state index is 0.0462. The number of imide groups is 1. The van der Waals surface area contributed by atoms with Gasteiger partial charge in [-0.15, -0.1) is 0 Å². The number of carbonyl (C=O) groups excluding carboxylic acids is 11. The van der Waals surface area contributed by atoms with E-state index in [1.54, 1.807) is 71.0 Å². The van der Waals surface area contributed by atoms with Gasteiger partial charge in [0.2, 0.25) is 41.4 Å². The molecule has 22 heteroatoms. The second-order valence-electron chi connectivity index (χ2n) is 22.0. The summed E-state index contributed by atoms with van der Waals surface area (Å²) in [6, 6.07) is 4.16. The molecule has 81 heavy (non-hydrogen) atoms. The van der Waals surface area contributed by atoms with Crippen LogP contribution in [0.5, 0.6) is 0 Å². The molecule has 5 N–H and O–H groups in total. The van der Waals surface area contributed by atoms with E-state index in [1.807, 2.05) is 20.8 Å². The van der Waals surface area contributed by atoms with E-state index >= 15 is 0 Å². The number of nitrogens with zero attached hydrogens (tertiary/aromatic N) is 3. The summed E-state index contributed by atoms with van der Waals surface area (Å²) < 4.78 is 17.9. The molecule has 22 nitrogen and oxygen atoms in total. The molecule has 10 atom stereocenters. The number of carbonyl (C=O) groups is 11. The highest BCUT2D eigenvalue weighted by Gasteiger charge is 2.38. The Morgan fingerprint density at radius 2 is 1.47 bits per heavy atom. The van der Waals surface area contributed by atoms with Crippen molar-refractivity contribution in [1.82, 2.24) is 41.3 Å². The lowest BCUT2D eigenvalue weighted by atomic mass is 9.90. The van der Waals surface area contributed by atoms with Crippen LogP contribution in [-0.4, -0.2) is 163 Å². The number of esters is 2. The predicted molar refractivity (Wildman–Crippen MR) is 302 cm³/mol. The Balaban J connectivity index is 1.92. The quantitative estimate of drug-likeness (QED) is 0.0447. The first kappa shape index (κ1) is 68.1. The van der Waals surface area contributed by atoms with Gasteiger partial charge in [0.25, 0.3) is 5.91 Å². The van der Waals surface area contributed by atoms with Crippen LogP contribution >= 0.6 is 0 Å². The third-order valence-corrected chi connectivity index (χ3v) is 14.8. The highest BCUT2D eigenvalue weighted by Crippen LogP contribution is 2.26. The topological polar surface area (TPSA) is 285 Å². The van der Waals surface area contributed by atoms with Gasteiger partial charge >= 0.3 is 18.0 Å². The van der Waals surface area contributed by atoms with Crippen molar-refractivity contribution in [2.75, 3.05) is 40.3 Å². The summed E-state index contributed by atoms with van der Waals surface area (Å²) in [6.07, 6.45) is 1.95. The highest BCUT2D eigenvalue weighted by molar-refractivity contribution is 6.03. The third-order valence-electron chi connectivity index (χ3n) is 14.8. The number of likely N-dealkylation sites (tertiary alicyclic amines) is 1. The number of benzene rings is 1. The molecule has 0 aromatic heterocycles. The Labute approximate surface area is 478 Å². The molecule has 2 unspecified atom stereocenters. The lowest BCUT2D eigenvalue weighted by Gasteiger charge is -2.33. The van der Waals surface area contributed by atoms with Crippen molar-refractivity contribution in [1.29, 1.82) is 0 Å². The van der Waals surface area contributed by atoms with E-state index in [1.165, 1.54) is 50.7 Å². The molecular weight excluding hydrogens is 1040 g/mol. The molecule has 2 aliphatic rings. The molecular formula is C59H90N8O14. The van der Waals surface area contributed by atoms with Crippen molar-refractivity contribution in [2.45, 2.75) is 183 Å². The predicted octanol–water partition coefficient (Wildman–Crippen LogP) is 4.43. The summed E-state index contributed by atoms with van der Waals surface area (Å²) in [5.41, 5.74) is 1.32. The Kier molecular flexibility index (Phi) is 28.3. The van der Waals surface area contributed by atoms with Gasteiger partial charge in [0, 0.05) is 76.8 Å². The molecule has 450 valence electrons. The number of amides is 9. The molecule has 2 aliphatic heterocycles. The van der Waals surface area contributed by atoms with Crippen LogP contribution in [-0.2, 0) is 68.6 Å². The molecule has 0 aliphatic carbocycles. The number of allylic oxidation sites excluding steroid dienone is 1. The van der Waals surface area contributed by atoms with Crippen LogP contribution in [0.25, 0.3) is 0 Å². The molecule has 2 heterocycles. The maximum absolute atomic E-state index is 14.3. The van der Waals surface area contributed by atoms with Crippen LogP contribution in [0.4, 0.5) is 4.79 Å². The molecule has 9 amide bonds. The largest absolute Gasteiger partial charge is 0.456 e. The standard InChI is InChI=1S/C59H90N8O14/c1-14-36(5)50-53(72)63-42(11)58(77)81-51(37(6)15-2)40(9)45(80-59(78)61-29-22-28-60-47(68)25-20-17-21-30-67-49(70)32-39(8)54(67)73)27-26-38(7)57(76)79-46(31-35(3)4)52(71)62-41(10)55(74)66(13)44(33-43-23-18-16-19-24-43)56(75)65(12)34-48(69)64-50/h15-16,18-19,23-24,26,35-36,39-42,44-46,50-51H,14,17,20-22,25,27-34H2,1-13H3,(H,60,68)(H,61,78)(H,62,71)(H,63,72)(H,64,69)/b37-15+,38-26+/t36?,39?,40-,41-,42+,44+,45-,46+,50-,51+/m0/s1. The van der Waals surface area contributed by atoms with Crippen molar-refractivity contribution in [2.24, 2.45) is 23.7 Å². The Morgan fingerprint density at radius 1 is 0.815 bits per heavy atom. The maximum atomic E-state index is 14.3. The van der Waals surface area contributed by atoms with Crippen LogP contribution in [0.3, 0.4) is 0 Å². The minimum atomic E-state index is -1.36. The van der Waals surface area contributed by atoms with E-state index in [4.69, 9.17) is 14.2 Å². The molecule has 1 saturated heterocycles. The van der Waals surface area contributed by atoms with Crippen LogP contribution < -0.4 is 26.6 Å². The number of cyclic esters (lactones) is 2. The van der Waals surface area contributed by atoms with Gasteiger partial charge in [0.1, 0.15) is 36.4 Å². The summed E-state index contributed by atoms with van der Waals surface area (Å²) in [5.74, 6) is -7.32. The van der Waals surface area contributed by atoms with Crippen LogP contribution in [0.1, 0.15) is 140 Å². The molecule has 1 aromatic carbocycles. The summed E-state index contributed by atoms with van der Waals surface area (Å²) in [6.45, 7) is 18.6. The number of hydrogen-bond acceptors (Lipinski definition) is 14. The maximum Gasteiger partial charge on any atom is 0.407 e. The van der Waals surface area contributed by atoms with Gasteiger partial charge in [-0.2, -0.15) is 0 Å². The van der Waals surface area contributed by atoms with E-state index < -0.39 is 108 Å². The Bertz CT molecular complexity index is 2430. The smallest absolute Gasteiger partial charge is 0.407 e. The molecule has 0 bridgehead atoms. The van der Waals surface area contributed by atoms with Gasteiger partial charge in [-0.05, 0) is 83.3 Å². The lowest BCUT2D eigenvalue weighted by molar-refractivity contribution is -0.155. The highest BCUT2D eigenvalue weighted by atomic mass is 16.6. The van der Waals surface area contributed by atoms with Crippen molar-refractivity contribution in [3.05, 3.63) is 59.2 Å². The number of ether oxygens (including phenoxy) is 3. The summed E-state index contributed by atoms with van der Waals surface area (Å²) in [4.78, 5) is 152. The van der Waals surface area contributed by atoms with E-state index in [9.17, 15) is 52.7 Å². The molecule has 0 radical (unpaired) electrons. The first-order chi connectivity index (χ1) is 38.2. The Morgan fingerprint density at radius 3 is 2.09 bits per heavy atom. The van der Waals surface area contributed by atoms with E-state index in [2.05, 4.69) is 26.6 Å². The van der Waals surface area contributed by atoms with Gasteiger partial charge < -0.3 is 50.6 Å². The molecule has 3 rings (SSSR count). The van der Waals surface area contributed by atoms with E-state index in [0.29, 0.717) is 49.8 Å². The number of nitrogens with one attached hydrogen (secondary N) is 5. The van der Waals surface area contributed by atoms with Gasteiger partial charge in [0.05, 0.1) is 6.54 Å². The average molecular weight is 1140 g/mol. The number of likely N-dealkylation sites (N-methyl/N-ethyl adjacent to an activating group) is 2. The second-order valence-corrected chi connectivity index (χ2v) is 22.0. The van der Waals surface area contributed by atoms with Crippen LogP contribution in [0, 0.1) is 23.7 Å². The van der Waals surface area contributed by atoms with Crippen molar-refractivity contribution >= 4 is 65.3 Å². The van der Waals surface area contributed by atoms with E-state index in [0.717, 1.165) is 4.90 Å². The zero-order chi connectivity index (χ0) is 60.7. The Hall–Kier alpha value is -7.13. The lowest BCUT2D eigenvalue weighted by Crippen LogP contribution is -2.57. The second kappa shape index (κ2) is 33.6. The fourth-order valence-electron chi connectivity index (χ4n) is 9.28. The van der Waals surface area contributed by atoms with Crippen LogP contribution in [0.2, 0.25) is 0 Å². The zero-order valence-corrected chi connectivity index (χ0v) is 49.8. The number of rotatable bonds is 18. The zero-order valence-electron chi connectivity index (χ0n) is 49.8. The molecule has 0 saturated carbocycles. The van der Waals surface area contributed by atoms with Crippen molar-refractivity contribution in [3.63, 3.8) is 0 Å². The fraction of sp³-hybridized carbons (Fsp3) is 0.644. The first-order valence-electron chi connectivity index (χ1n) is 28.4. The molecule has 0 spiro atoms. The SMILES string of the molecule is C/C=C(\C)[C@H]1OC(=O)[C@@H](C)NC(=O)[C@H](C(C)CC)NC(=O)CN(C)C(=O)[C@@H](Cc2ccccc2)N(C)C(=O)[C@H](C)NC(=O)[C@@H](CC(C)C)OC(=O)/C(C)=C/C[C@H](OC(=O)NCCCNC(=O)CCCCCN2C(=O)CC(C)C2=O)[C@@H]1C. The van der Waals surface area contributed by atoms with E-state index in [-0.39, 0.29) is 80.3 Å². The van der Waals surface area contributed by atoms with Gasteiger partial charge in [-0.1, -0.05) is 96.9 Å². The van der Waals surface area contributed by atoms with Crippen LogP contribution in [0.15, 0.2) is 53.6 Å². The minimum Gasteiger partial charge on any atom is -0.456 e.